The van der Waals surface area contributed by atoms with Crippen LogP contribution < -0.4 is 11.1 Å². The summed E-state index contributed by atoms with van der Waals surface area (Å²) in [6, 6.07) is 9.32. The van der Waals surface area contributed by atoms with Gasteiger partial charge in [0.25, 0.3) is 5.91 Å². The number of carbonyl (C=O) groups excluding carboxylic acids is 1. The number of aromatic nitrogens is 3. The lowest BCUT2D eigenvalue weighted by Crippen LogP contribution is -2.16. The summed E-state index contributed by atoms with van der Waals surface area (Å²) >= 11 is 0. The third-order valence-electron chi connectivity index (χ3n) is 2.82. The number of nitrogens with one attached hydrogen (secondary N) is 1. The molecule has 0 spiro atoms. The Balaban J connectivity index is 1.98. The molecular weight excluding hydrogens is 254 g/mol. The van der Waals surface area contributed by atoms with E-state index in [1.807, 2.05) is 24.3 Å². The van der Waals surface area contributed by atoms with Gasteiger partial charge in [0.15, 0.2) is 11.5 Å². The van der Waals surface area contributed by atoms with Gasteiger partial charge in [-0.15, -0.1) is 0 Å². The first kappa shape index (κ1) is 12.0. The number of hydrogen-bond donors (Lipinski definition) is 2. The summed E-state index contributed by atoms with van der Waals surface area (Å²) < 4.78 is 0. The Morgan fingerprint density at radius 1 is 1.00 bits per heavy atom. The number of nitrogen functional groups attached to an aromatic ring is 1. The molecule has 0 aliphatic heterocycles. The molecule has 0 aliphatic carbocycles. The summed E-state index contributed by atoms with van der Waals surface area (Å²) in [6.45, 7) is 0. The van der Waals surface area contributed by atoms with Gasteiger partial charge < -0.3 is 11.1 Å². The third kappa shape index (κ3) is 2.14. The molecule has 3 aromatic rings. The Labute approximate surface area is 114 Å². The lowest BCUT2D eigenvalue weighted by Gasteiger charge is -2.08. The largest absolute Gasteiger partial charge is 0.382 e. The number of rotatable bonds is 2. The van der Waals surface area contributed by atoms with E-state index in [1.165, 1.54) is 12.4 Å². The lowest BCUT2D eigenvalue weighted by atomic mass is 10.2. The van der Waals surface area contributed by atoms with Gasteiger partial charge in [0, 0.05) is 24.0 Å². The highest BCUT2D eigenvalue weighted by Crippen LogP contribution is 2.21. The first-order valence-electron chi connectivity index (χ1n) is 5.97. The summed E-state index contributed by atoms with van der Waals surface area (Å²) in [6.07, 6.45) is 4.53. The Morgan fingerprint density at radius 3 is 2.65 bits per heavy atom. The van der Waals surface area contributed by atoms with Crippen molar-refractivity contribution >= 4 is 28.3 Å². The Morgan fingerprint density at radius 2 is 1.80 bits per heavy atom. The Bertz CT molecular complexity index is 782. The van der Waals surface area contributed by atoms with Crippen LogP contribution in [0.2, 0.25) is 0 Å². The van der Waals surface area contributed by atoms with Crippen LogP contribution in [-0.2, 0) is 0 Å². The van der Waals surface area contributed by atoms with Crippen molar-refractivity contribution in [2.45, 2.75) is 0 Å². The molecule has 0 radical (unpaired) electrons. The molecule has 2 aromatic heterocycles. The number of benzene rings is 1. The van der Waals surface area contributed by atoms with Crippen molar-refractivity contribution in [2.24, 2.45) is 0 Å². The van der Waals surface area contributed by atoms with Gasteiger partial charge in [-0.1, -0.05) is 18.2 Å². The van der Waals surface area contributed by atoms with Crippen molar-refractivity contribution in [2.75, 3.05) is 11.1 Å². The molecule has 0 bridgehead atoms. The topological polar surface area (TPSA) is 93.8 Å². The molecule has 1 aromatic carbocycles. The minimum atomic E-state index is -0.409. The van der Waals surface area contributed by atoms with E-state index in [9.17, 15) is 4.79 Å². The summed E-state index contributed by atoms with van der Waals surface area (Å²) in [4.78, 5) is 24.2. The first-order valence-corrected chi connectivity index (χ1v) is 5.97. The summed E-state index contributed by atoms with van der Waals surface area (Å²) in [5.74, 6) is -0.313. The van der Waals surface area contributed by atoms with Crippen molar-refractivity contribution in [1.29, 1.82) is 0 Å². The van der Waals surface area contributed by atoms with Crippen molar-refractivity contribution < 1.29 is 4.79 Å². The molecule has 0 saturated heterocycles. The van der Waals surface area contributed by atoms with Crippen LogP contribution in [0.4, 0.5) is 11.5 Å². The molecule has 6 nitrogen and oxygen atoms in total. The third-order valence-corrected chi connectivity index (χ3v) is 2.82. The number of fused-ring (bicyclic) bond motifs is 1. The standard InChI is InChI=1S/C14H11N5O/c15-13-12(17-7-8-18-13)14(20)19-10-5-1-3-9-4-2-6-16-11(9)10/h1-8H,(H2,15,18)(H,19,20). The van der Waals surface area contributed by atoms with E-state index in [1.54, 1.807) is 12.3 Å². The molecule has 0 saturated carbocycles. The number of nitrogens with two attached hydrogens (primary N) is 1. The van der Waals surface area contributed by atoms with Gasteiger partial charge >= 0.3 is 0 Å². The highest BCUT2D eigenvalue weighted by atomic mass is 16.1. The number of para-hydroxylation sites is 1. The van der Waals surface area contributed by atoms with Crippen LogP contribution in [0.3, 0.4) is 0 Å². The van der Waals surface area contributed by atoms with Crippen molar-refractivity contribution in [3.63, 3.8) is 0 Å². The predicted molar refractivity (Wildman–Crippen MR) is 76.1 cm³/mol. The van der Waals surface area contributed by atoms with E-state index in [4.69, 9.17) is 5.73 Å². The number of nitrogens with zero attached hydrogens (tertiary/aromatic N) is 3. The van der Waals surface area contributed by atoms with E-state index in [2.05, 4.69) is 20.3 Å². The maximum atomic E-state index is 12.2. The molecule has 0 fully saturated rings. The molecule has 1 amide bonds. The fraction of sp³-hybridized carbons (Fsp3) is 0. The minimum Gasteiger partial charge on any atom is -0.382 e. The number of anilines is 2. The quantitative estimate of drug-likeness (QED) is 0.737. The van der Waals surface area contributed by atoms with E-state index >= 15 is 0 Å². The SMILES string of the molecule is Nc1nccnc1C(=O)Nc1cccc2cccnc12. The Kier molecular flexibility index (Phi) is 2.96. The minimum absolute atomic E-state index is 0.0956. The molecule has 0 aliphatic rings. The summed E-state index contributed by atoms with van der Waals surface area (Å²) in [5.41, 5.74) is 7.06. The molecule has 3 N–H and O–H groups in total. The van der Waals surface area contributed by atoms with Crippen molar-refractivity contribution in [3.8, 4) is 0 Å². The second-order valence-corrected chi connectivity index (χ2v) is 4.13. The van der Waals surface area contributed by atoms with Gasteiger partial charge in [0.1, 0.15) is 0 Å². The maximum absolute atomic E-state index is 12.2. The molecule has 3 rings (SSSR count). The highest BCUT2D eigenvalue weighted by molar-refractivity contribution is 6.09. The van der Waals surface area contributed by atoms with Crippen molar-refractivity contribution in [1.82, 2.24) is 15.0 Å². The molecule has 2 heterocycles. The average molecular weight is 265 g/mol. The van der Waals surface area contributed by atoms with Gasteiger partial charge in [-0.3, -0.25) is 9.78 Å². The molecule has 0 unspecified atom stereocenters. The zero-order valence-corrected chi connectivity index (χ0v) is 10.4. The van der Waals surface area contributed by atoms with Crippen LogP contribution in [0.1, 0.15) is 10.5 Å². The number of hydrogen-bond acceptors (Lipinski definition) is 5. The predicted octanol–water partition coefficient (Wildman–Crippen LogP) is 1.86. The fourth-order valence-electron chi connectivity index (χ4n) is 1.91. The van der Waals surface area contributed by atoms with Crippen LogP contribution in [0.25, 0.3) is 10.9 Å². The zero-order chi connectivity index (χ0) is 13.9. The molecule has 6 heteroatoms. The van der Waals surface area contributed by atoms with Gasteiger partial charge in [-0.2, -0.15) is 0 Å². The smallest absolute Gasteiger partial charge is 0.278 e. The van der Waals surface area contributed by atoms with E-state index in [0.717, 1.165) is 5.39 Å². The second-order valence-electron chi connectivity index (χ2n) is 4.13. The van der Waals surface area contributed by atoms with Gasteiger partial charge in [0.05, 0.1) is 11.2 Å². The summed E-state index contributed by atoms with van der Waals surface area (Å²) in [5, 5.41) is 3.70. The van der Waals surface area contributed by atoms with Crippen LogP contribution in [-0.4, -0.2) is 20.9 Å². The van der Waals surface area contributed by atoms with Gasteiger partial charge in [-0.05, 0) is 12.1 Å². The summed E-state index contributed by atoms with van der Waals surface area (Å²) in [7, 11) is 0. The Hall–Kier alpha value is -3.02. The number of pyridine rings is 1. The highest BCUT2D eigenvalue weighted by Gasteiger charge is 2.13. The normalized spacial score (nSPS) is 10.4. The molecule has 0 atom stereocenters. The van der Waals surface area contributed by atoms with Crippen LogP contribution >= 0.6 is 0 Å². The lowest BCUT2D eigenvalue weighted by molar-refractivity contribution is 0.102. The molecular formula is C14H11N5O. The monoisotopic (exact) mass is 265 g/mol. The zero-order valence-electron chi connectivity index (χ0n) is 10.4. The maximum Gasteiger partial charge on any atom is 0.278 e. The molecule has 98 valence electrons. The van der Waals surface area contributed by atoms with Crippen LogP contribution in [0, 0.1) is 0 Å². The first-order chi connectivity index (χ1) is 9.75. The van der Waals surface area contributed by atoms with Crippen LogP contribution in [0.15, 0.2) is 48.9 Å². The van der Waals surface area contributed by atoms with E-state index < -0.39 is 5.91 Å². The van der Waals surface area contributed by atoms with Gasteiger partial charge in [-0.25, -0.2) is 9.97 Å². The average Bonchev–Trinajstić information content (AvgIpc) is 2.48. The number of carbonyl (C=O) groups is 1. The second kappa shape index (κ2) is 4.93. The molecule has 20 heavy (non-hydrogen) atoms. The van der Waals surface area contributed by atoms with E-state index in [0.29, 0.717) is 11.2 Å². The van der Waals surface area contributed by atoms with Crippen LogP contribution in [0.5, 0.6) is 0 Å². The number of amides is 1. The fourth-order valence-corrected chi connectivity index (χ4v) is 1.91. The van der Waals surface area contributed by atoms with Gasteiger partial charge in [0.2, 0.25) is 0 Å². The van der Waals surface area contributed by atoms with E-state index in [-0.39, 0.29) is 11.5 Å². The van der Waals surface area contributed by atoms with Crippen molar-refractivity contribution in [3.05, 3.63) is 54.6 Å².